The van der Waals surface area contributed by atoms with Crippen molar-refractivity contribution in [3.05, 3.63) is 23.5 Å². The zero-order valence-corrected chi connectivity index (χ0v) is 7.76. The molecule has 0 unspecified atom stereocenters. The smallest absolute Gasteiger partial charge is 0.127 e. The van der Waals surface area contributed by atoms with Crippen molar-refractivity contribution in [2.75, 3.05) is 14.1 Å². The molecule has 0 radical (unpaired) electrons. The van der Waals surface area contributed by atoms with Crippen molar-refractivity contribution in [3.63, 3.8) is 0 Å². The summed E-state index contributed by atoms with van der Waals surface area (Å²) >= 11 is 0. The van der Waals surface area contributed by atoms with Gasteiger partial charge in [-0.2, -0.15) is 0 Å². The van der Waals surface area contributed by atoms with Gasteiger partial charge in [-0.25, -0.2) is 4.99 Å². The molecule has 11 heavy (non-hydrogen) atoms. The Labute approximate surface area is 68.9 Å². The third-order valence-electron chi connectivity index (χ3n) is 1.43. The molecule has 0 aromatic carbocycles. The van der Waals surface area contributed by atoms with Crippen LogP contribution in [-0.4, -0.2) is 25.7 Å². The average molecular weight is 152 g/mol. The zero-order valence-electron chi connectivity index (χ0n) is 7.76. The van der Waals surface area contributed by atoms with Crippen LogP contribution in [0.3, 0.4) is 0 Å². The highest BCUT2D eigenvalue weighted by Crippen LogP contribution is 2.04. The van der Waals surface area contributed by atoms with E-state index in [2.05, 4.69) is 11.7 Å². The van der Waals surface area contributed by atoms with E-state index in [-0.39, 0.29) is 0 Å². The van der Waals surface area contributed by atoms with Crippen molar-refractivity contribution in [2.45, 2.75) is 13.8 Å². The third-order valence-corrected chi connectivity index (χ3v) is 1.43. The van der Waals surface area contributed by atoms with E-state index in [4.69, 9.17) is 0 Å². The highest BCUT2D eigenvalue weighted by atomic mass is 15.2. The first-order chi connectivity index (χ1) is 5.11. The molecule has 0 saturated carbocycles. The first kappa shape index (κ1) is 9.95. The second-order valence-corrected chi connectivity index (χ2v) is 2.59. The number of nitrogens with zero attached hydrogens (tertiary/aromatic N) is 2. The van der Waals surface area contributed by atoms with Gasteiger partial charge in [0, 0.05) is 14.1 Å². The largest absolute Gasteiger partial charge is 0.363 e. The van der Waals surface area contributed by atoms with E-state index >= 15 is 0 Å². The van der Waals surface area contributed by atoms with Crippen LogP contribution in [0.25, 0.3) is 0 Å². The van der Waals surface area contributed by atoms with E-state index in [9.17, 15) is 0 Å². The first-order valence-corrected chi connectivity index (χ1v) is 3.60. The van der Waals surface area contributed by atoms with Gasteiger partial charge in [0.05, 0.1) is 0 Å². The molecule has 0 heterocycles. The summed E-state index contributed by atoms with van der Waals surface area (Å²) in [5, 5.41) is 0. The average Bonchev–Trinajstić information content (AvgIpc) is 1.99. The Bertz CT molecular complexity index is 188. The predicted molar refractivity (Wildman–Crippen MR) is 50.8 cm³/mol. The molecule has 0 aliphatic heterocycles. The van der Waals surface area contributed by atoms with E-state index < -0.39 is 0 Å². The number of aliphatic imine (C=N–C) groups is 1. The zero-order chi connectivity index (χ0) is 8.85. The van der Waals surface area contributed by atoms with Gasteiger partial charge in [-0.3, -0.25) is 0 Å². The monoisotopic (exact) mass is 152 g/mol. The maximum absolute atomic E-state index is 3.87. The van der Waals surface area contributed by atoms with Gasteiger partial charge in [-0.05, 0) is 26.6 Å². The standard InChI is InChI=1S/C9H16N2/c1-6-8(2)7-9(10-3)11(4)5/h6-7H,3H2,1-2,4-5H3/b8-6-,9-7+. The Morgan fingerprint density at radius 2 is 2.00 bits per heavy atom. The molecule has 0 amide bonds. The Morgan fingerprint density at radius 1 is 1.45 bits per heavy atom. The fourth-order valence-electron chi connectivity index (χ4n) is 0.603. The number of rotatable bonds is 3. The quantitative estimate of drug-likeness (QED) is 0.446. The van der Waals surface area contributed by atoms with Gasteiger partial charge >= 0.3 is 0 Å². The van der Waals surface area contributed by atoms with Gasteiger partial charge in [0.1, 0.15) is 5.82 Å². The minimum absolute atomic E-state index is 0.889. The molecule has 0 N–H and O–H groups in total. The Morgan fingerprint density at radius 3 is 2.27 bits per heavy atom. The van der Waals surface area contributed by atoms with Crippen LogP contribution in [0.15, 0.2) is 28.5 Å². The lowest BCUT2D eigenvalue weighted by Crippen LogP contribution is -2.08. The lowest BCUT2D eigenvalue weighted by atomic mass is 10.3. The van der Waals surface area contributed by atoms with Crippen LogP contribution in [0.1, 0.15) is 13.8 Å². The highest BCUT2D eigenvalue weighted by molar-refractivity contribution is 5.31. The van der Waals surface area contributed by atoms with Crippen molar-refractivity contribution in [2.24, 2.45) is 4.99 Å². The van der Waals surface area contributed by atoms with Crippen LogP contribution < -0.4 is 0 Å². The number of hydrogen-bond acceptors (Lipinski definition) is 2. The molecule has 0 aromatic heterocycles. The summed E-state index contributed by atoms with van der Waals surface area (Å²) in [5.74, 6) is 0.889. The minimum atomic E-state index is 0.889. The van der Waals surface area contributed by atoms with Gasteiger partial charge in [0.2, 0.25) is 0 Å². The minimum Gasteiger partial charge on any atom is -0.363 e. The Kier molecular flexibility index (Phi) is 4.27. The van der Waals surface area contributed by atoms with Crippen LogP contribution in [0, 0.1) is 0 Å². The van der Waals surface area contributed by atoms with Crippen LogP contribution in [0.5, 0.6) is 0 Å². The molecular formula is C9H16N2. The first-order valence-electron chi connectivity index (χ1n) is 3.60. The summed E-state index contributed by atoms with van der Waals surface area (Å²) in [5.41, 5.74) is 1.20. The summed E-state index contributed by atoms with van der Waals surface area (Å²) in [4.78, 5) is 5.80. The molecule has 0 atom stereocenters. The van der Waals surface area contributed by atoms with Crippen molar-refractivity contribution in [1.29, 1.82) is 0 Å². The van der Waals surface area contributed by atoms with E-state index in [0.29, 0.717) is 0 Å². The maximum Gasteiger partial charge on any atom is 0.127 e. The molecule has 62 valence electrons. The fourth-order valence-corrected chi connectivity index (χ4v) is 0.603. The maximum atomic E-state index is 3.87. The van der Waals surface area contributed by atoms with E-state index in [1.165, 1.54) is 5.57 Å². The number of allylic oxidation sites excluding steroid dienone is 3. The lowest BCUT2D eigenvalue weighted by Gasteiger charge is -2.11. The molecule has 2 nitrogen and oxygen atoms in total. The van der Waals surface area contributed by atoms with Crippen LogP contribution >= 0.6 is 0 Å². The molecule has 0 saturated heterocycles. The summed E-state index contributed by atoms with van der Waals surface area (Å²) in [6.45, 7) is 7.52. The molecule has 0 spiro atoms. The van der Waals surface area contributed by atoms with E-state index in [1.54, 1.807) is 0 Å². The third kappa shape index (κ3) is 3.61. The summed E-state index contributed by atoms with van der Waals surface area (Å²) in [7, 11) is 3.90. The second-order valence-electron chi connectivity index (χ2n) is 2.59. The molecular weight excluding hydrogens is 136 g/mol. The molecule has 0 fully saturated rings. The topological polar surface area (TPSA) is 15.6 Å². The predicted octanol–water partition coefficient (Wildman–Crippen LogP) is 2.06. The fraction of sp³-hybridized carbons (Fsp3) is 0.444. The molecule has 0 aliphatic carbocycles. The summed E-state index contributed by atoms with van der Waals surface area (Å²) in [6, 6.07) is 0. The normalized spacial score (nSPS) is 13.1. The molecule has 0 rings (SSSR count). The van der Waals surface area contributed by atoms with Gasteiger partial charge < -0.3 is 4.90 Å². The van der Waals surface area contributed by atoms with Crippen molar-refractivity contribution < 1.29 is 0 Å². The van der Waals surface area contributed by atoms with Gasteiger partial charge in [0.15, 0.2) is 0 Å². The van der Waals surface area contributed by atoms with Crippen molar-refractivity contribution in [3.8, 4) is 0 Å². The Balaban J connectivity index is 4.48. The summed E-state index contributed by atoms with van der Waals surface area (Å²) in [6.07, 6.45) is 4.03. The van der Waals surface area contributed by atoms with Gasteiger partial charge in [0.25, 0.3) is 0 Å². The lowest BCUT2D eigenvalue weighted by molar-refractivity contribution is 0.507. The SMILES string of the molecule is C=N/C(=C\C(C)=C/C)N(C)C. The van der Waals surface area contributed by atoms with Crippen molar-refractivity contribution >= 4 is 6.72 Å². The van der Waals surface area contributed by atoms with E-state index in [1.807, 2.05) is 45.0 Å². The summed E-state index contributed by atoms with van der Waals surface area (Å²) < 4.78 is 0. The molecule has 0 bridgehead atoms. The molecule has 0 aromatic rings. The molecule has 2 heteroatoms. The van der Waals surface area contributed by atoms with Crippen LogP contribution in [0.2, 0.25) is 0 Å². The van der Waals surface area contributed by atoms with E-state index in [0.717, 1.165) is 5.82 Å². The second kappa shape index (κ2) is 4.72. The van der Waals surface area contributed by atoms with Crippen LogP contribution in [-0.2, 0) is 0 Å². The van der Waals surface area contributed by atoms with Crippen molar-refractivity contribution in [1.82, 2.24) is 4.90 Å². The van der Waals surface area contributed by atoms with Gasteiger partial charge in [-0.15, -0.1) is 0 Å². The van der Waals surface area contributed by atoms with Crippen LogP contribution in [0.4, 0.5) is 0 Å². The number of hydrogen-bond donors (Lipinski definition) is 0. The van der Waals surface area contributed by atoms with Gasteiger partial charge in [-0.1, -0.05) is 11.6 Å². The molecule has 0 aliphatic rings. The highest BCUT2D eigenvalue weighted by Gasteiger charge is 1.93. The Hall–Kier alpha value is -1.05.